The lowest BCUT2D eigenvalue weighted by Crippen LogP contribution is -2.16. The Bertz CT molecular complexity index is 777. The van der Waals surface area contributed by atoms with Crippen LogP contribution in [-0.4, -0.2) is 42.0 Å². The summed E-state index contributed by atoms with van der Waals surface area (Å²) in [6.07, 6.45) is 0.642. The molecule has 22 heavy (non-hydrogen) atoms. The van der Waals surface area contributed by atoms with Crippen molar-refractivity contribution in [2.75, 3.05) is 24.3 Å². The molecule has 2 rings (SSSR count). The van der Waals surface area contributed by atoms with Crippen molar-refractivity contribution in [3.63, 3.8) is 0 Å². The average Bonchev–Trinajstić information content (AvgIpc) is 2.46. The number of rotatable bonds is 5. The largest absolute Gasteiger partial charge is 0.347 e. The highest BCUT2D eigenvalue weighted by Gasteiger charge is 2.11. The van der Waals surface area contributed by atoms with Gasteiger partial charge in [-0.25, -0.2) is 0 Å². The van der Waals surface area contributed by atoms with Gasteiger partial charge in [0.25, 0.3) is 10.1 Å². The van der Waals surface area contributed by atoms with Crippen molar-refractivity contribution in [2.45, 2.75) is 18.2 Å². The summed E-state index contributed by atoms with van der Waals surface area (Å²) in [6.45, 7) is 1.93. The molecule has 118 valence electrons. The predicted molar refractivity (Wildman–Crippen MR) is 83.1 cm³/mol. The number of hydrogen-bond donors (Lipinski definition) is 2. The van der Waals surface area contributed by atoms with Gasteiger partial charge in [0.15, 0.2) is 0 Å². The van der Waals surface area contributed by atoms with Crippen LogP contribution in [0.5, 0.6) is 0 Å². The van der Waals surface area contributed by atoms with E-state index in [1.165, 1.54) is 18.2 Å². The summed E-state index contributed by atoms with van der Waals surface area (Å²) in [5.74, 6) is 1.43. The van der Waals surface area contributed by atoms with E-state index in [0.29, 0.717) is 29.8 Å². The fourth-order valence-electron chi connectivity index (χ4n) is 1.68. The molecule has 0 bridgehead atoms. The molecular formula is C13H17N5O3S. The second-order valence-corrected chi connectivity index (χ2v) is 6.17. The third-order valence-electron chi connectivity index (χ3n) is 2.77. The summed E-state index contributed by atoms with van der Waals surface area (Å²) in [6, 6.07) is 5.77. The molecule has 0 saturated heterocycles. The van der Waals surface area contributed by atoms with Crippen LogP contribution in [0.25, 0.3) is 0 Å². The fourth-order valence-corrected chi connectivity index (χ4v) is 2.21. The number of anilines is 3. The van der Waals surface area contributed by atoms with Gasteiger partial charge in [-0.1, -0.05) is 13.0 Å². The van der Waals surface area contributed by atoms with Gasteiger partial charge in [-0.15, -0.1) is 0 Å². The van der Waals surface area contributed by atoms with Gasteiger partial charge in [0, 0.05) is 26.2 Å². The number of hydrogen-bond acceptors (Lipinski definition) is 7. The zero-order chi connectivity index (χ0) is 16.3. The molecule has 0 aliphatic heterocycles. The molecule has 0 atom stereocenters. The number of aromatic nitrogens is 3. The van der Waals surface area contributed by atoms with Crippen molar-refractivity contribution in [1.29, 1.82) is 0 Å². The fraction of sp³-hybridized carbons (Fsp3) is 0.308. The van der Waals surface area contributed by atoms with Crippen LogP contribution >= 0.6 is 0 Å². The van der Waals surface area contributed by atoms with E-state index in [0.717, 1.165) is 0 Å². The van der Waals surface area contributed by atoms with Crippen LogP contribution in [0, 0.1) is 0 Å². The zero-order valence-corrected chi connectivity index (χ0v) is 13.3. The monoisotopic (exact) mass is 323 g/mol. The lowest BCUT2D eigenvalue weighted by atomic mass is 10.3. The predicted octanol–water partition coefficient (Wildman–Crippen LogP) is 1.49. The summed E-state index contributed by atoms with van der Waals surface area (Å²) in [5.41, 5.74) is 0.452. The van der Waals surface area contributed by atoms with Crippen molar-refractivity contribution in [3.8, 4) is 0 Å². The molecule has 0 saturated carbocycles. The standard InChI is InChI=1S/C13H17N5O3S/c1-4-11-15-12(17-13(16-11)18(2)3)14-9-6-5-7-10(8-9)22(19,20)21/h5-8H,4H2,1-3H3,(H,19,20,21)(H,14,15,16,17). The van der Waals surface area contributed by atoms with E-state index in [1.807, 2.05) is 21.0 Å². The molecule has 9 heteroatoms. The Hall–Kier alpha value is -2.26. The van der Waals surface area contributed by atoms with E-state index in [2.05, 4.69) is 20.3 Å². The van der Waals surface area contributed by atoms with Crippen LogP contribution in [-0.2, 0) is 16.5 Å². The smallest absolute Gasteiger partial charge is 0.294 e. The molecule has 1 aromatic heterocycles. The summed E-state index contributed by atoms with van der Waals surface area (Å²) < 4.78 is 31.4. The quantitative estimate of drug-likeness (QED) is 0.797. The lowest BCUT2D eigenvalue weighted by molar-refractivity contribution is 0.483. The Morgan fingerprint density at radius 1 is 1.23 bits per heavy atom. The Kier molecular flexibility index (Phi) is 4.57. The van der Waals surface area contributed by atoms with Crippen molar-refractivity contribution < 1.29 is 13.0 Å². The maximum Gasteiger partial charge on any atom is 0.294 e. The van der Waals surface area contributed by atoms with Gasteiger partial charge >= 0.3 is 0 Å². The Morgan fingerprint density at radius 3 is 2.55 bits per heavy atom. The number of nitrogens with zero attached hydrogens (tertiary/aromatic N) is 4. The van der Waals surface area contributed by atoms with Crippen LogP contribution < -0.4 is 10.2 Å². The highest BCUT2D eigenvalue weighted by molar-refractivity contribution is 7.85. The average molecular weight is 323 g/mol. The number of benzene rings is 1. The molecule has 0 aliphatic rings. The highest BCUT2D eigenvalue weighted by atomic mass is 32.2. The maximum absolute atomic E-state index is 11.2. The highest BCUT2D eigenvalue weighted by Crippen LogP contribution is 2.19. The van der Waals surface area contributed by atoms with Crippen LogP contribution in [0.1, 0.15) is 12.7 Å². The molecular weight excluding hydrogens is 306 g/mol. The molecule has 2 N–H and O–H groups in total. The molecule has 1 aromatic carbocycles. The van der Waals surface area contributed by atoms with Crippen LogP contribution in [0.4, 0.5) is 17.6 Å². The first-order valence-electron chi connectivity index (χ1n) is 6.56. The van der Waals surface area contributed by atoms with Gasteiger partial charge in [0.1, 0.15) is 5.82 Å². The molecule has 0 aliphatic carbocycles. The first-order chi connectivity index (χ1) is 10.3. The Labute approximate surface area is 129 Å². The van der Waals surface area contributed by atoms with E-state index in [4.69, 9.17) is 4.55 Å². The normalized spacial score (nSPS) is 11.3. The second-order valence-electron chi connectivity index (χ2n) is 4.75. The minimum Gasteiger partial charge on any atom is -0.347 e. The summed E-state index contributed by atoms with van der Waals surface area (Å²) in [5, 5.41) is 2.92. The number of nitrogens with one attached hydrogen (secondary N) is 1. The SMILES string of the molecule is CCc1nc(Nc2cccc(S(=O)(=O)O)c2)nc(N(C)C)n1. The second kappa shape index (κ2) is 6.24. The topological polar surface area (TPSA) is 108 Å². The minimum absolute atomic E-state index is 0.199. The van der Waals surface area contributed by atoms with Crippen LogP contribution in [0.15, 0.2) is 29.2 Å². The van der Waals surface area contributed by atoms with E-state index < -0.39 is 10.1 Å². The van der Waals surface area contributed by atoms with E-state index in [9.17, 15) is 8.42 Å². The first kappa shape index (κ1) is 16.1. The van der Waals surface area contributed by atoms with Crippen LogP contribution in [0.3, 0.4) is 0 Å². The molecule has 2 aromatic rings. The lowest BCUT2D eigenvalue weighted by Gasteiger charge is -2.13. The molecule has 0 amide bonds. The van der Waals surface area contributed by atoms with E-state index in [1.54, 1.807) is 11.0 Å². The van der Waals surface area contributed by atoms with Gasteiger partial charge in [-0.2, -0.15) is 23.4 Å². The van der Waals surface area contributed by atoms with E-state index in [-0.39, 0.29) is 4.90 Å². The number of aryl methyl sites for hydroxylation is 1. The minimum atomic E-state index is -4.25. The molecule has 0 spiro atoms. The third-order valence-corrected chi connectivity index (χ3v) is 3.62. The molecule has 0 fully saturated rings. The third kappa shape index (κ3) is 3.89. The van der Waals surface area contributed by atoms with Gasteiger partial charge in [-0.05, 0) is 18.2 Å². The molecule has 0 unspecified atom stereocenters. The van der Waals surface area contributed by atoms with Crippen molar-refractivity contribution in [1.82, 2.24) is 15.0 Å². The summed E-state index contributed by atoms with van der Waals surface area (Å²) >= 11 is 0. The Balaban J connectivity index is 2.36. The summed E-state index contributed by atoms with van der Waals surface area (Å²) in [4.78, 5) is 14.3. The Morgan fingerprint density at radius 2 is 1.95 bits per heavy atom. The zero-order valence-electron chi connectivity index (χ0n) is 12.5. The van der Waals surface area contributed by atoms with Crippen molar-refractivity contribution in [2.24, 2.45) is 0 Å². The van der Waals surface area contributed by atoms with Gasteiger partial charge in [-0.3, -0.25) is 4.55 Å². The van der Waals surface area contributed by atoms with E-state index >= 15 is 0 Å². The van der Waals surface area contributed by atoms with Gasteiger partial charge in [0.05, 0.1) is 4.90 Å². The molecule has 1 heterocycles. The molecule has 0 radical (unpaired) electrons. The maximum atomic E-state index is 11.2. The van der Waals surface area contributed by atoms with Gasteiger partial charge in [0.2, 0.25) is 11.9 Å². The first-order valence-corrected chi connectivity index (χ1v) is 8.00. The van der Waals surface area contributed by atoms with Crippen molar-refractivity contribution in [3.05, 3.63) is 30.1 Å². The van der Waals surface area contributed by atoms with Crippen LogP contribution in [0.2, 0.25) is 0 Å². The van der Waals surface area contributed by atoms with Gasteiger partial charge < -0.3 is 10.2 Å². The summed E-state index contributed by atoms with van der Waals surface area (Å²) in [7, 11) is -0.619. The molecule has 8 nitrogen and oxygen atoms in total. The van der Waals surface area contributed by atoms with Crippen molar-refractivity contribution >= 4 is 27.7 Å².